The summed E-state index contributed by atoms with van der Waals surface area (Å²) in [6, 6.07) is 10.8. The molecular formula is C14H19N3. The van der Waals surface area contributed by atoms with Gasteiger partial charge in [-0.05, 0) is 31.0 Å². The molecule has 1 atom stereocenters. The van der Waals surface area contributed by atoms with E-state index in [4.69, 9.17) is 0 Å². The summed E-state index contributed by atoms with van der Waals surface area (Å²) < 4.78 is 1.83. The summed E-state index contributed by atoms with van der Waals surface area (Å²) >= 11 is 0. The van der Waals surface area contributed by atoms with E-state index in [2.05, 4.69) is 54.6 Å². The third-order valence-corrected chi connectivity index (χ3v) is 3.04. The maximum Gasteiger partial charge on any atom is 0.0791 e. The van der Waals surface area contributed by atoms with E-state index in [1.54, 1.807) is 0 Å². The second-order valence-corrected chi connectivity index (χ2v) is 4.44. The molecule has 0 radical (unpaired) electrons. The van der Waals surface area contributed by atoms with Gasteiger partial charge in [0.25, 0.3) is 0 Å². The molecule has 90 valence electrons. The third-order valence-electron chi connectivity index (χ3n) is 3.04. The molecule has 0 spiro atoms. The predicted octanol–water partition coefficient (Wildman–Crippen LogP) is 2.58. The fourth-order valence-electron chi connectivity index (χ4n) is 1.84. The van der Waals surface area contributed by atoms with Gasteiger partial charge in [-0.25, -0.2) is 0 Å². The van der Waals surface area contributed by atoms with Crippen molar-refractivity contribution in [3.8, 4) is 0 Å². The van der Waals surface area contributed by atoms with E-state index in [0.717, 1.165) is 12.2 Å². The zero-order valence-corrected chi connectivity index (χ0v) is 10.6. The van der Waals surface area contributed by atoms with E-state index in [1.165, 1.54) is 11.1 Å². The summed E-state index contributed by atoms with van der Waals surface area (Å²) in [5.74, 6) is 0. The minimum absolute atomic E-state index is 0.274. The molecule has 3 nitrogen and oxygen atoms in total. The molecule has 0 saturated heterocycles. The Hall–Kier alpha value is -1.61. The molecule has 0 amide bonds. The summed E-state index contributed by atoms with van der Waals surface area (Å²) in [5.41, 5.74) is 3.75. The number of rotatable bonds is 4. The Morgan fingerprint density at radius 3 is 2.71 bits per heavy atom. The van der Waals surface area contributed by atoms with Gasteiger partial charge >= 0.3 is 0 Å². The van der Waals surface area contributed by atoms with Gasteiger partial charge in [0.05, 0.1) is 5.69 Å². The van der Waals surface area contributed by atoms with Crippen molar-refractivity contribution in [2.75, 3.05) is 0 Å². The topological polar surface area (TPSA) is 29.9 Å². The normalized spacial score (nSPS) is 12.6. The van der Waals surface area contributed by atoms with Gasteiger partial charge in [0.1, 0.15) is 0 Å². The first kappa shape index (κ1) is 11.9. The molecule has 17 heavy (non-hydrogen) atoms. The molecule has 0 aliphatic rings. The number of aromatic nitrogens is 2. The second-order valence-electron chi connectivity index (χ2n) is 4.44. The van der Waals surface area contributed by atoms with Crippen molar-refractivity contribution in [3.05, 3.63) is 53.3 Å². The number of hydrogen-bond acceptors (Lipinski definition) is 2. The highest BCUT2D eigenvalue weighted by Gasteiger charge is 2.07. The standard InChI is InChI=1S/C14H19N3/c1-11-6-4-5-7-13(11)10-15-12(2)14-8-9-17(3)16-14/h4-9,12,15H,10H2,1-3H3. The predicted molar refractivity (Wildman–Crippen MR) is 69.6 cm³/mol. The highest BCUT2D eigenvalue weighted by molar-refractivity contribution is 5.25. The Kier molecular flexibility index (Phi) is 3.59. The average molecular weight is 229 g/mol. The fraction of sp³-hybridized carbons (Fsp3) is 0.357. The first-order valence-electron chi connectivity index (χ1n) is 5.94. The summed E-state index contributed by atoms with van der Waals surface area (Å²) in [5, 5.41) is 7.89. The van der Waals surface area contributed by atoms with Crippen LogP contribution in [0, 0.1) is 6.92 Å². The Bertz CT molecular complexity index is 488. The molecular weight excluding hydrogens is 210 g/mol. The highest BCUT2D eigenvalue weighted by Crippen LogP contribution is 2.12. The summed E-state index contributed by atoms with van der Waals surface area (Å²) in [6.07, 6.45) is 1.97. The number of hydrogen-bond donors (Lipinski definition) is 1. The van der Waals surface area contributed by atoms with E-state index in [-0.39, 0.29) is 6.04 Å². The van der Waals surface area contributed by atoms with Gasteiger partial charge < -0.3 is 5.32 Å². The highest BCUT2D eigenvalue weighted by atomic mass is 15.3. The number of aryl methyl sites for hydroxylation is 2. The largest absolute Gasteiger partial charge is 0.305 e. The van der Waals surface area contributed by atoms with Gasteiger partial charge in [-0.1, -0.05) is 24.3 Å². The molecule has 1 aromatic carbocycles. The van der Waals surface area contributed by atoms with Crippen LogP contribution in [0.1, 0.15) is 29.8 Å². The number of nitrogens with one attached hydrogen (secondary N) is 1. The molecule has 0 bridgehead atoms. The van der Waals surface area contributed by atoms with Gasteiger partial charge in [0.2, 0.25) is 0 Å². The first-order valence-corrected chi connectivity index (χ1v) is 5.94. The Labute approximate surface area is 102 Å². The smallest absolute Gasteiger partial charge is 0.0791 e. The van der Waals surface area contributed by atoms with Crippen LogP contribution in [0.15, 0.2) is 36.5 Å². The molecule has 1 unspecified atom stereocenters. The van der Waals surface area contributed by atoms with Crippen LogP contribution in [0.3, 0.4) is 0 Å². The molecule has 0 aliphatic carbocycles. The maximum absolute atomic E-state index is 4.40. The van der Waals surface area contributed by atoms with Crippen molar-refractivity contribution in [3.63, 3.8) is 0 Å². The molecule has 2 rings (SSSR count). The molecule has 1 aromatic heterocycles. The van der Waals surface area contributed by atoms with Crippen LogP contribution >= 0.6 is 0 Å². The summed E-state index contributed by atoms with van der Waals surface area (Å²) in [6.45, 7) is 5.16. The molecule has 1 heterocycles. The van der Waals surface area contributed by atoms with Crippen molar-refractivity contribution in [2.45, 2.75) is 26.4 Å². The van der Waals surface area contributed by atoms with Crippen molar-refractivity contribution < 1.29 is 0 Å². The van der Waals surface area contributed by atoms with Crippen LogP contribution in [0.25, 0.3) is 0 Å². The van der Waals surface area contributed by atoms with Gasteiger partial charge in [-0.2, -0.15) is 5.10 Å². The van der Waals surface area contributed by atoms with E-state index >= 15 is 0 Å². The minimum Gasteiger partial charge on any atom is -0.305 e. The van der Waals surface area contributed by atoms with Crippen LogP contribution in [0.2, 0.25) is 0 Å². The molecule has 2 aromatic rings. The molecule has 3 heteroatoms. The van der Waals surface area contributed by atoms with Crippen LogP contribution in [0.4, 0.5) is 0 Å². The van der Waals surface area contributed by atoms with Gasteiger partial charge in [-0.3, -0.25) is 4.68 Å². The van der Waals surface area contributed by atoms with E-state index in [0.29, 0.717) is 0 Å². The number of benzene rings is 1. The molecule has 1 N–H and O–H groups in total. The lowest BCUT2D eigenvalue weighted by atomic mass is 10.1. The molecule has 0 fully saturated rings. The maximum atomic E-state index is 4.40. The Balaban J connectivity index is 1.97. The van der Waals surface area contributed by atoms with Crippen molar-refractivity contribution >= 4 is 0 Å². The van der Waals surface area contributed by atoms with E-state index in [1.807, 2.05) is 17.9 Å². The van der Waals surface area contributed by atoms with Crippen molar-refractivity contribution in [1.29, 1.82) is 0 Å². The monoisotopic (exact) mass is 229 g/mol. The van der Waals surface area contributed by atoms with E-state index in [9.17, 15) is 0 Å². The zero-order valence-electron chi connectivity index (χ0n) is 10.6. The number of nitrogens with zero attached hydrogens (tertiary/aromatic N) is 2. The van der Waals surface area contributed by atoms with Crippen LogP contribution < -0.4 is 5.32 Å². The van der Waals surface area contributed by atoms with Crippen molar-refractivity contribution in [2.24, 2.45) is 7.05 Å². The van der Waals surface area contributed by atoms with Crippen molar-refractivity contribution in [1.82, 2.24) is 15.1 Å². The zero-order chi connectivity index (χ0) is 12.3. The van der Waals surface area contributed by atoms with Crippen LogP contribution in [-0.2, 0) is 13.6 Å². The van der Waals surface area contributed by atoms with Gasteiger partial charge in [-0.15, -0.1) is 0 Å². The first-order chi connectivity index (χ1) is 8.16. The quantitative estimate of drug-likeness (QED) is 0.873. The SMILES string of the molecule is Cc1ccccc1CNC(C)c1ccn(C)n1. The van der Waals surface area contributed by atoms with Crippen LogP contribution in [0.5, 0.6) is 0 Å². The minimum atomic E-state index is 0.274. The van der Waals surface area contributed by atoms with Gasteiger partial charge in [0, 0.05) is 25.8 Å². The lowest BCUT2D eigenvalue weighted by Gasteiger charge is -2.12. The summed E-state index contributed by atoms with van der Waals surface area (Å²) in [4.78, 5) is 0. The molecule has 0 saturated carbocycles. The third kappa shape index (κ3) is 2.94. The lowest BCUT2D eigenvalue weighted by Crippen LogP contribution is -2.19. The van der Waals surface area contributed by atoms with Crippen LogP contribution in [-0.4, -0.2) is 9.78 Å². The second kappa shape index (κ2) is 5.15. The average Bonchev–Trinajstić information content (AvgIpc) is 2.74. The molecule has 0 aliphatic heterocycles. The van der Waals surface area contributed by atoms with E-state index < -0.39 is 0 Å². The summed E-state index contributed by atoms with van der Waals surface area (Å²) in [7, 11) is 1.94. The lowest BCUT2D eigenvalue weighted by molar-refractivity contribution is 0.550. The Morgan fingerprint density at radius 1 is 1.29 bits per heavy atom. The fourth-order valence-corrected chi connectivity index (χ4v) is 1.84. The van der Waals surface area contributed by atoms with Gasteiger partial charge in [0.15, 0.2) is 0 Å². The Morgan fingerprint density at radius 2 is 2.06 bits per heavy atom.